The van der Waals surface area contributed by atoms with E-state index in [2.05, 4.69) is 0 Å². The first-order valence-corrected chi connectivity index (χ1v) is 6.63. The molecule has 1 aromatic rings. The Balaban J connectivity index is 2.40. The number of benzene rings is 1. The number of aromatic hydroxyl groups is 4. The summed E-state index contributed by atoms with van der Waals surface area (Å²) in [6, 6.07) is 0.692. The molecule has 0 saturated carbocycles. The summed E-state index contributed by atoms with van der Waals surface area (Å²) in [5.74, 6) is -6.06. The van der Waals surface area contributed by atoms with Crippen molar-refractivity contribution in [3.8, 4) is 23.0 Å². The fraction of sp³-hybridized carbons (Fsp3) is 0.538. The number of rotatable bonds is 3. The summed E-state index contributed by atoms with van der Waals surface area (Å²) in [6.45, 7) is -0.786. The molecule has 5 atom stereocenters. The van der Waals surface area contributed by atoms with Crippen LogP contribution >= 0.6 is 0 Å². The molecule has 1 fully saturated rings. The molecule has 9 N–H and O–H groups in total. The molecule has 130 valence electrons. The normalized spacial score (nSPS) is 34.5. The fourth-order valence-electron chi connectivity index (χ4n) is 2.46. The molecule has 0 aromatic heterocycles. The van der Waals surface area contributed by atoms with Crippen molar-refractivity contribution in [3.63, 3.8) is 0 Å². The Morgan fingerprint density at radius 1 is 0.957 bits per heavy atom. The molecule has 10 nitrogen and oxygen atoms in total. The molecule has 0 radical (unpaired) electrons. The highest BCUT2D eigenvalue weighted by Crippen LogP contribution is 2.45. The lowest BCUT2D eigenvalue weighted by molar-refractivity contribution is -0.348. The molecule has 23 heavy (non-hydrogen) atoms. The summed E-state index contributed by atoms with van der Waals surface area (Å²) in [5.41, 5.74) is -0.484. The number of hydrogen-bond donors (Lipinski definition) is 9. The number of aliphatic hydroxyl groups excluding tert-OH is 4. The van der Waals surface area contributed by atoms with Gasteiger partial charge in [0.05, 0.1) is 6.61 Å². The third-order valence-electron chi connectivity index (χ3n) is 3.82. The van der Waals surface area contributed by atoms with E-state index < -0.39 is 71.8 Å². The molecule has 0 bridgehead atoms. The SMILES string of the molecule is OC[C@H]1O[C@@](O)(Cc2c(O)cc(O)c(O)c2O)[C@H](O)[C@@H](O)[C@@H]1O. The van der Waals surface area contributed by atoms with E-state index >= 15 is 0 Å². The minimum Gasteiger partial charge on any atom is -0.507 e. The van der Waals surface area contributed by atoms with Crippen LogP contribution in [0.2, 0.25) is 0 Å². The molecule has 1 heterocycles. The summed E-state index contributed by atoms with van der Waals surface area (Å²) in [7, 11) is 0. The Hall–Kier alpha value is -1.82. The molecule has 1 aromatic carbocycles. The van der Waals surface area contributed by atoms with Gasteiger partial charge in [-0.05, 0) is 0 Å². The molecule has 0 spiro atoms. The Kier molecular flexibility index (Phi) is 4.57. The van der Waals surface area contributed by atoms with Gasteiger partial charge < -0.3 is 50.7 Å². The maximum Gasteiger partial charge on any atom is 0.200 e. The van der Waals surface area contributed by atoms with Crippen LogP contribution in [0, 0.1) is 0 Å². The van der Waals surface area contributed by atoms with Crippen LogP contribution < -0.4 is 0 Å². The molecular weight excluding hydrogens is 316 g/mol. The molecule has 2 rings (SSSR count). The van der Waals surface area contributed by atoms with E-state index in [9.17, 15) is 40.9 Å². The maximum absolute atomic E-state index is 10.4. The van der Waals surface area contributed by atoms with Gasteiger partial charge in [-0.3, -0.25) is 0 Å². The molecule has 1 aliphatic heterocycles. The Bertz CT molecular complexity index is 589. The highest BCUT2D eigenvalue weighted by Gasteiger charge is 2.53. The molecule has 1 aliphatic rings. The highest BCUT2D eigenvalue weighted by atomic mass is 16.7. The number of aliphatic hydroxyl groups is 5. The first kappa shape index (κ1) is 17.5. The van der Waals surface area contributed by atoms with Crippen LogP contribution in [-0.4, -0.2) is 82.8 Å². The minimum absolute atomic E-state index is 0.484. The van der Waals surface area contributed by atoms with Crippen molar-refractivity contribution in [3.05, 3.63) is 11.6 Å². The predicted octanol–water partition coefficient (Wildman–Crippen LogP) is -2.79. The van der Waals surface area contributed by atoms with Crippen molar-refractivity contribution in [2.75, 3.05) is 6.61 Å². The zero-order valence-corrected chi connectivity index (χ0v) is 11.7. The maximum atomic E-state index is 10.4. The van der Waals surface area contributed by atoms with Gasteiger partial charge in [0.25, 0.3) is 0 Å². The fourth-order valence-corrected chi connectivity index (χ4v) is 2.46. The third-order valence-corrected chi connectivity index (χ3v) is 3.82. The summed E-state index contributed by atoms with van der Waals surface area (Å²) in [5, 5.41) is 86.9. The van der Waals surface area contributed by atoms with Crippen molar-refractivity contribution in [2.24, 2.45) is 0 Å². The first-order chi connectivity index (χ1) is 10.6. The Morgan fingerprint density at radius 2 is 1.57 bits per heavy atom. The third kappa shape index (κ3) is 2.87. The quantitative estimate of drug-likeness (QED) is 0.206. The molecule has 0 unspecified atom stereocenters. The summed E-state index contributed by atoms with van der Waals surface area (Å²) in [6.07, 6.45) is -7.85. The van der Waals surface area contributed by atoms with Crippen molar-refractivity contribution in [1.82, 2.24) is 0 Å². The van der Waals surface area contributed by atoms with E-state index in [1.54, 1.807) is 0 Å². The number of phenols is 4. The van der Waals surface area contributed by atoms with Gasteiger partial charge in [0.1, 0.15) is 30.2 Å². The Labute approximate surface area is 129 Å². The summed E-state index contributed by atoms with van der Waals surface area (Å²) >= 11 is 0. The summed E-state index contributed by atoms with van der Waals surface area (Å²) in [4.78, 5) is 0. The molecule has 0 amide bonds. The zero-order valence-electron chi connectivity index (χ0n) is 11.7. The van der Waals surface area contributed by atoms with Gasteiger partial charge in [0.15, 0.2) is 17.3 Å². The van der Waals surface area contributed by atoms with E-state index in [0.29, 0.717) is 6.07 Å². The second-order valence-electron chi connectivity index (χ2n) is 5.38. The van der Waals surface area contributed by atoms with Crippen LogP contribution in [0.15, 0.2) is 6.07 Å². The van der Waals surface area contributed by atoms with Crippen LogP contribution in [-0.2, 0) is 11.2 Å². The van der Waals surface area contributed by atoms with Gasteiger partial charge >= 0.3 is 0 Å². The predicted molar refractivity (Wildman–Crippen MR) is 71.7 cm³/mol. The standard InChI is InChI=1S/C13H18O10/c14-3-7-10(19)11(20)12(21)13(22,23-7)2-4-5(15)1-6(16)9(18)8(4)17/h1,7,10-12,14-22H,2-3H2/t7-,10-,11+,12-,13+/m1/s1. The second-order valence-corrected chi connectivity index (χ2v) is 5.38. The van der Waals surface area contributed by atoms with E-state index in [1.165, 1.54) is 0 Å². The average molecular weight is 334 g/mol. The lowest BCUT2D eigenvalue weighted by Gasteiger charge is -2.45. The van der Waals surface area contributed by atoms with Crippen molar-refractivity contribution < 1.29 is 50.7 Å². The van der Waals surface area contributed by atoms with Gasteiger partial charge in [-0.2, -0.15) is 0 Å². The van der Waals surface area contributed by atoms with Crippen LogP contribution in [0.25, 0.3) is 0 Å². The van der Waals surface area contributed by atoms with Crippen LogP contribution in [0.1, 0.15) is 5.56 Å². The number of phenolic OH excluding ortho intramolecular Hbond substituents is 4. The average Bonchev–Trinajstić information content (AvgIpc) is 2.51. The van der Waals surface area contributed by atoms with Crippen LogP contribution in [0.3, 0.4) is 0 Å². The first-order valence-electron chi connectivity index (χ1n) is 6.63. The Morgan fingerprint density at radius 3 is 2.13 bits per heavy atom. The van der Waals surface area contributed by atoms with Gasteiger partial charge in [-0.15, -0.1) is 0 Å². The smallest absolute Gasteiger partial charge is 0.200 e. The van der Waals surface area contributed by atoms with E-state index in [4.69, 9.17) is 9.84 Å². The molecular formula is C13H18O10. The van der Waals surface area contributed by atoms with Crippen molar-refractivity contribution in [2.45, 2.75) is 36.6 Å². The number of ether oxygens (including phenoxy) is 1. The van der Waals surface area contributed by atoms with Crippen molar-refractivity contribution >= 4 is 0 Å². The lowest BCUT2D eigenvalue weighted by Crippen LogP contribution is -2.65. The molecule has 0 aliphatic carbocycles. The van der Waals surface area contributed by atoms with Crippen LogP contribution in [0.4, 0.5) is 0 Å². The van der Waals surface area contributed by atoms with Crippen LogP contribution in [0.5, 0.6) is 23.0 Å². The van der Waals surface area contributed by atoms with Crippen molar-refractivity contribution in [1.29, 1.82) is 0 Å². The minimum atomic E-state index is -2.59. The number of hydrogen-bond acceptors (Lipinski definition) is 10. The van der Waals surface area contributed by atoms with E-state index in [1.807, 2.05) is 0 Å². The topological polar surface area (TPSA) is 191 Å². The van der Waals surface area contributed by atoms with Gasteiger partial charge in [-0.1, -0.05) is 0 Å². The highest BCUT2D eigenvalue weighted by molar-refractivity contribution is 5.59. The molecule has 10 heteroatoms. The van der Waals surface area contributed by atoms with Gasteiger partial charge in [0, 0.05) is 18.1 Å². The zero-order chi connectivity index (χ0) is 17.5. The van der Waals surface area contributed by atoms with E-state index in [0.717, 1.165) is 0 Å². The lowest BCUT2D eigenvalue weighted by atomic mass is 9.88. The van der Waals surface area contributed by atoms with Gasteiger partial charge in [-0.25, -0.2) is 0 Å². The molecule has 1 saturated heterocycles. The van der Waals surface area contributed by atoms with Gasteiger partial charge in [0.2, 0.25) is 5.75 Å². The van der Waals surface area contributed by atoms with E-state index in [-0.39, 0.29) is 0 Å². The largest absolute Gasteiger partial charge is 0.507 e. The monoisotopic (exact) mass is 334 g/mol. The second kappa shape index (κ2) is 6.00. The summed E-state index contributed by atoms with van der Waals surface area (Å²) < 4.78 is 4.98.